The van der Waals surface area contributed by atoms with Crippen LogP contribution in [0.25, 0.3) is 0 Å². The third-order valence-corrected chi connectivity index (χ3v) is 4.49. The van der Waals surface area contributed by atoms with Crippen molar-refractivity contribution in [2.75, 3.05) is 13.1 Å². The maximum Gasteiger partial charge on any atom is 0.127 e. The molecule has 2 aromatic rings. The monoisotopic (exact) mass is 297 g/mol. The molecule has 22 heavy (non-hydrogen) atoms. The summed E-state index contributed by atoms with van der Waals surface area (Å²) in [5.74, 6) is 0.828. The Balaban J connectivity index is 1.62. The molecule has 3 rings (SSSR count). The summed E-state index contributed by atoms with van der Waals surface area (Å²) in [6.45, 7) is 4.76. The fraction of sp³-hybridized carbons (Fsp3) is 0.444. The van der Waals surface area contributed by atoms with Gasteiger partial charge in [0, 0.05) is 44.0 Å². The van der Waals surface area contributed by atoms with Crippen molar-refractivity contribution in [3.05, 3.63) is 59.7 Å². The molecule has 0 unspecified atom stereocenters. The van der Waals surface area contributed by atoms with E-state index >= 15 is 0 Å². The number of hydrogen-bond donors (Lipinski definition) is 1. The number of nitrogens with zero attached hydrogens (tertiary/aromatic N) is 3. The van der Waals surface area contributed by atoms with Crippen LogP contribution in [0.15, 0.2) is 42.7 Å². The summed E-state index contributed by atoms with van der Waals surface area (Å²) in [7, 11) is 0. The SMILES string of the molecule is CCc1ncc(C2(O)CCN(Cc3ccccc3)CC2)cn1. The molecule has 1 aromatic heterocycles. The zero-order chi connectivity index (χ0) is 15.4. The van der Waals surface area contributed by atoms with Crippen LogP contribution in [0.2, 0.25) is 0 Å². The van der Waals surface area contributed by atoms with Crippen molar-refractivity contribution in [2.45, 2.75) is 38.3 Å². The summed E-state index contributed by atoms with van der Waals surface area (Å²) in [5, 5.41) is 10.9. The van der Waals surface area contributed by atoms with E-state index in [0.29, 0.717) is 0 Å². The predicted molar refractivity (Wildman–Crippen MR) is 86.3 cm³/mol. The van der Waals surface area contributed by atoms with Crippen molar-refractivity contribution in [2.24, 2.45) is 0 Å². The molecule has 2 heterocycles. The standard InChI is InChI=1S/C18H23N3O/c1-2-17-19-12-16(13-20-17)18(22)8-10-21(11-9-18)14-15-6-4-3-5-7-15/h3-7,12-13,22H,2,8-11,14H2,1H3. The number of benzene rings is 1. The average Bonchev–Trinajstić information content (AvgIpc) is 2.58. The average molecular weight is 297 g/mol. The molecule has 0 bridgehead atoms. The largest absolute Gasteiger partial charge is 0.385 e. The summed E-state index contributed by atoms with van der Waals surface area (Å²) in [6.07, 6.45) is 5.87. The van der Waals surface area contributed by atoms with Gasteiger partial charge in [0.2, 0.25) is 0 Å². The van der Waals surface area contributed by atoms with Crippen LogP contribution in [0, 0.1) is 0 Å². The number of aliphatic hydroxyl groups is 1. The summed E-state index contributed by atoms with van der Waals surface area (Å²) >= 11 is 0. The predicted octanol–water partition coefficient (Wildman–Crippen LogP) is 2.52. The van der Waals surface area contributed by atoms with Crippen molar-refractivity contribution in [1.29, 1.82) is 0 Å². The number of aryl methyl sites for hydroxylation is 1. The molecule has 0 spiro atoms. The van der Waals surface area contributed by atoms with Gasteiger partial charge in [-0.3, -0.25) is 4.90 Å². The zero-order valence-electron chi connectivity index (χ0n) is 13.1. The number of likely N-dealkylation sites (tertiary alicyclic amines) is 1. The highest BCUT2D eigenvalue weighted by Gasteiger charge is 2.34. The van der Waals surface area contributed by atoms with Crippen LogP contribution in [0.4, 0.5) is 0 Å². The van der Waals surface area contributed by atoms with Gasteiger partial charge in [-0.15, -0.1) is 0 Å². The normalized spacial score (nSPS) is 18.3. The van der Waals surface area contributed by atoms with Crippen LogP contribution in [0.1, 0.15) is 36.7 Å². The quantitative estimate of drug-likeness (QED) is 0.942. The van der Waals surface area contributed by atoms with Gasteiger partial charge in [0.1, 0.15) is 5.82 Å². The van der Waals surface area contributed by atoms with E-state index in [4.69, 9.17) is 0 Å². The number of piperidine rings is 1. The first kappa shape index (κ1) is 15.1. The maximum absolute atomic E-state index is 10.9. The molecule has 1 saturated heterocycles. The van der Waals surface area contributed by atoms with Crippen molar-refractivity contribution in [3.63, 3.8) is 0 Å². The molecule has 1 aliphatic rings. The second-order valence-electron chi connectivity index (χ2n) is 6.03. The van der Waals surface area contributed by atoms with E-state index in [2.05, 4.69) is 39.1 Å². The Labute approximate surface area is 131 Å². The van der Waals surface area contributed by atoms with E-state index in [0.717, 1.165) is 50.3 Å². The Morgan fingerprint density at radius 1 is 1.09 bits per heavy atom. The Bertz CT molecular complexity index is 589. The molecule has 1 aromatic carbocycles. The second-order valence-corrected chi connectivity index (χ2v) is 6.03. The van der Waals surface area contributed by atoms with E-state index in [1.165, 1.54) is 5.56 Å². The molecule has 1 aliphatic heterocycles. The van der Waals surface area contributed by atoms with Crippen LogP contribution in [-0.2, 0) is 18.6 Å². The first-order chi connectivity index (χ1) is 10.7. The van der Waals surface area contributed by atoms with Crippen LogP contribution >= 0.6 is 0 Å². The molecule has 0 amide bonds. The summed E-state index contributed by atoms with van der Waals surface area (Å²) < 4.78 is 0. The summed E-state index contributed by atoms with van der Waals surface area (Å²) in [6, 6.07) is 10.5. The van der Waals surface area contributed by atoms with E-state index in [-0.39, 0.29) is 0 Å². The molecule has 1 N–H and O–H groups in total. The van der Waals surface area contributed by atoms with Crippen LogP contribution in [0.5, 0.6) is 0 Å². The number of hydrogen-bond acceptors (Lipinski definition) is 4. The van der Waals surface area contributed by atoms with Crippen LogP contribution in [-0.4, -0.2) is 33.1 Å². The second kappa shape index (κ2) is 6.55. The van der Waals surface area contributed by atoms with Crippen LogP contribution < -0.4 is 0 Å². The molecule has 0 radical (unpaired) electrons. The fourth-order valence-corrected chi connectivity index (χ4v) is 2.99. The lowest BCUT2D eigenvalue weighted by Gasteiger charge is -2.38. The van der Waals surface area contributed by atoms with E-state index in [1.54, 1.807) is 12.4 Å². The van der Waals surface area contributed by atoms with E-state index in [9.17, 15) is 5.11 Å². The molecule has 0 saturated carbocycles. The Kier molecular flexibility index (Phi) is 4.50. The smallest absolute Gasteiger partial charge is 0.127 e. The van der Waals surface area contributed by atoms with Crippen molar-refractivity contribution >= 4 is 0 Å². The van der Waals surface area contributed by atoms with Gasteiger partial charge in [-0.25, -0.2) is 9.97 Å². The van der Waals surface area contributed by atoms with E-state index < -0.39 is 5.60 Å². The number of rotatable bonds is 4. The highest BCUT2D eigenvalue weighted by Crippen LogP contribution is 2.32. The molecule has 4 nitrogen and oxygen atoms in total. The lowest BCUT2D eigenvalue weighted by Crippen LogP contribution is -2.42. The topological polar surface area (TPSA) is 49.3 Å². The molecule has 116 valence electrons. The maximum atomic E-state index is 10.9. The fourth-order valence-electron chi connectivity index (χ4n) is 2.99. The summed E-state index contributed by atoms with van der Waals surface area (Å²) in [5.41, 5.74) is 1.40. The Morgan fingerprint density at radius 2 is 1.73 bits per heavy atom. The van der Waals surface area contributed by atoms with Gasteiger partial charge in [0.15, 0.2) is 0 Å². The molecular formula is C18H23N3O. The first-order valence-electron chi connectivity index (χ1n) is 8.00. The van der Waals surface area contributed by atoms with Gasteiger partial charge in [0.25, 0.3) is 0 Å². The zero-order valence-corrected chi connectivity index (χ0v) is 13.1. The van der Waals surface area contributed by atoms with Gasteiger partial charge in [0.05, 0.1) is 5.60 Å². The number of aromatic nitrogens is 2. The first-order valence-corrected chi connectivity index (χ1v) is 8.00. The molecular weight excluding hydrogens is 274 g/mol. The lowest BCUT2D eigenvalue weighted by atomic mass is 9.86. The summed E-state index contributed by atoms with van der Waals surface area (Å²) in [4.78, 5) is 11.0. The van der Waals surface area contributed by atoms with E-state index in [1.807, 2.05) is 13.0 Å². The van der Waals surface area contributed by atoms with Crippen molar-refractivity contribution in [1.82, 2.24) is 14.9 Å². The third kappa shape index (κ3) is 3.34. The van der Waals surface area contributed by atoms with Gasteiger partial charge < -0.3 is 5.11 Å². The van der Waals surface area contributed by atoms with Gasteiger partial charge in [-0.05, 0) is 18.4 Å². The van der Waals surface area contributed by atoms with Gasteiger partial charge >= 0.3 is 0 Å². The van der Waals surface area contributed by atoms with Crippen molar-refractivity contribution in [3.8, 4) is 0 Å². The third-order valence-electron chi connectivity index (χ3n) is 4.49. The minimum Gasteiger partial charge on any atom is -0.385 e. The van der Waals surface area contributed by atoms with Gasteiger partial charge in [-0.1, -0.05) is 37.3 Å². The molecule has 0 atom stereocenters. The molecule has 4 heteroatoms. The van der Waals surface area contributed by atoms with Crippen molar-refractivity contribution < 1.29 is 5.11 Å². The minimum absolute atomic E-state index is 0.731. The molecule has 0 aliphatic carbocycles. The van der Waals surface area contributed by atoms with Crippen LogP contribution in [0.3, 0.4) is 0 Å². The lowest BCUT2D eigenvalue weighted by molar-refractivity contribution is -0.0282. The Morgan fingerprint density at radius 3 is 2.32 bits per heavy atom. The minimum atomic E-state index is -0.778. The molecule has 1 fully saturated rings. The highest BCUT2D eigenvalue weighted by atomic mass is 16.3. The highest BCUT2D eigenvalue weighted by molar-refractivity contribution is 5.18. The Hall–Kier alpha value is -1.78. The van der Waals surface area contributed by atoms with Gasteiger partial charge in [-0.2, -0.15) is 0 Å².